The minimum absolute atomic E-state index is 0.0462. The zero-order valence-corrected chi connectivity index (χ0v) is 19.5. The van der Waals surface area contributed by atoms with Crippen LogP contribution in [0.5, 0.6) is 0 Å². The largest absolute Gasteiger partial charge is 0.467 e. The minimum atomic E-state index is -0.870. The summed E-state index contributed by atoms with van der Waals surface area (Å²) in [6.45, 7) is 0. The number of aromatic amines is 1. The van der Waals surface area contributed by atoms with Gasteiger partial charge in [0, 0.05) is 17.1 Å². The summed E-state index contributed by atoms with van der Waals surface area (Å²) < 4.78 is 4.95. The Morgan fingerprint density at radius 2 is 1.97 bits per heavy atom. The molecule has 4 rings (SSSR count). The molecule has 1 fully saturated rings. The van der Waals surface area contributed by atoms with Crippen molar-refractivity contribution < 1.29 is 14.3 Å². The Hall–Kier alpha value is -1.87. The maximum atomic E-state index is 12.6. The summed E-state index contributed by atoms with van der Waals surface area (Å²) >= 11 is 3.20. The van der Waals surface area contributed by atoms with Crippen molar-refractivity contribution >= 4 is 45.2 Å². The number of thiophene rings is 1. The lowest BCUT2D eigenvalue weighted by molar-refractivity contribution is -0.152. The first kappa shape index (κ1) is 22.3. The molecule has 0 radical (unpaired) electrons. The van der Waals surface area contributed by atoms with Crippen LogP contribution in [0, 0.1) is 0 Å². The van der Waals surface area contributed by atoms with Crippen LogP contribution < -0.4 is 10.9 Å². The maximum absolute atomic E-state index is 12.6. The van der Waals surface area contributed by atoms with E-state index in [1.54, 1.807) is 23.1 Å². The second-order valence-corrected chi connectivity index (χ2v) is 10.6. The molecule has 9 heteroatoms. The zero-order valence-electron chi connectivity index (χ0n) is 17.9. The number of esters is 1. The van der Waals surface area contributed by atoms with Gasteiger partial charge in [-0.25, -0.2) is 9.78 Å². The summed E-state index contributed by atoms with van der Waals surface area (Å²) in [5.74, 6) is 1.30. The lowest BCUT2D eigenvalue weighted by atomic mass is 9.81. The van der Waals surface area contributed by atoms with E-state index in [2.05, 4.69) is 15.3 Å². The molecule has 0 atom stereocenters. The molecule has 0 unspecified atom stereocenters. The molecular weight excluding hydrogens is 434 g/mol. The Kier molecular flexibility index (Phi) is 7.01. The number of aromatic nitrogens is 2. The van der Waals surface area contributed by atoms with Gasteiger partial charge in [0.1, 0.15) is 16.2 Å². The molecular formula is C22H29N3O4S2. The Bertz CT molecular complexity index is 1020. The summed E-state index contributed by atoms with van der Waals surface area (Å²) in [6.07, 6.45) is 8.81. The third-order valence-electron chi connectivity index (χ3n) is 6.25. The van der Waals surface area contributed by atoms with Gasteiger partial charge >= 0.3 is 5.97 Å². The molecule has 0 aliphatic heterocycles. The number of carbonyl (C=O) groups is 2. The molecule has 31 heavy (non-hydrogen) atoms. The minimum Gasteiger partial charge on any atom is -0.467 e. The summed E-state index contributed by atoms with van der Waals surface area (Å²) in [6, 6.07) is 0. The van der Waals surface area contributed by atoms with E-state index in [-0.39, 0.29) is 17.4 Å². The van der Waals surface area contributed by atoms with E-state index in [9.17, 15) is 14.4 Å². The first-order valence-electron chi connectivity index (χ1n) is 11.0. The number of nitrogens with zero attached hydrogens (tertiary/aromatic N) is 1. The third kappa shape index (κ3) is 4.82. The standard InChI is InChI=1S/C22H29N3O4S2/c1-29-21(28)22(10-5-2-6-11-22)25-17(26)9-12-30-13-16-23-19(27)18-14-7-3-4-8-15(14)31-20(18)24-16/h2-13H2,1H3,(H,25,26)(H,23,24,27). The van der Waals surface area contributed by atoms with Crippen molar-refractivity contribution in [2.24, 2.45) is 0 Å². The second kappa shape index (κ2) is 9.73. The maximum Gasteiger partial charge on any atom is 0.331 e. The number of thioether (sulfide) groups is 1. The highest BCUT2D eigenvalue weighted by Gasteiger charge is 2.41. The lowest BCUT2D eigenvalue weighted by Gasteiger charge is -2.35. The highest BCUT2D eigenvalue weighted by atomic mass is 32.2. The molecule has 2 heterocycles. The zero-order chi connectivity index (χ0) is 21.8. The number of hydrogen-bond donors (Lipinski definition) is 2. The van der Waals surface area contributed by atoms with Crippen molar-refractivity contribution in [1.82, 2.24) is 15.3 Å². The second-order valence-electron chi connectivity index (χ2n) is 8.39. The van der Waals surface area contributed by atoms with Crippen molar-refractivity contribution in [3.8, 4) is 0 Å². The number of aryl methyl sites for hydroxylation is 2. The van der Waals surface area contributed by atoms with E-state index in [0.29, 0.717) is 36.6 Å². The van der Waals surface area contributed by atoms with Crippen LogP contribution in [0.3, 0.4) is 0 Å². The van der Waals surface area contributed by atoms with E-state index in [1.807, 2.05) is 0 Å². The molecule has 2 N–H and O–H groups in total. The van der Waals surface area contributed by atoms with Crippen molar-refractivity contribution in [2.45, 2.75) is 75.5 Å². The molecule has 168 valence electrons. The van der Waals surface area contributed by atoms with Crippen LogP contribution in [0.15, 0.2) is 4.79 Å². The SMILES string of the molecule is COC(=O)C1(NC(=O)CCSCc2nc3sc4c(c3c(=O)[nH]2)CCCC4)CCCCC1. The molecule has 1 saturated carbocycles. The average Bonchev–Trinajstić information content (AvgIpc) is 3.15. The van der Waals surface area contributed by atoms with Crippen LogP contribution in [0.25, 0.3) is 10.2 Å². The van der Waals surface area contributed by atoms with Crippen LogP contribution in [0.1, 0.15) is 67.6 Å². The Balaban J connectivity index is 1.32. The molecule has 2 aromatic heterocycles. The highest BCUT2D eigenvalue weighted by Crippen LogP contribution is 2.33. The number of fused-ring (bicyclic) bond motifs is 3. The summed E-state index contributed by atoms with van der Waals surface area (Å²) in [5.41, 5.74) is 0.276. The van der Waals surface area contributed by atoms with E-state index in [0.717, 1.165) is 48.7 Å². The van der Waals surface area contributed by atoms with Gasteiger partial charge in [-0.1, -0.05) is 19.3 Å². The molecule has 7 nitrogen and oxygen atoms in total. The van der Waals surface area contributed by atoms with Crippen LogP contribution in [0.2, 0.25) is 0 Å². The fourth-order valence-electron chi connectivity index (χ4n) is 4.67. The first-order valence-corrected chi connectivity index (χ1v) is 13.0. The molecule has 2 aromatic rings. The lowest BCUT2D eigenvalue weighted by Crippen LogP contribution is -2.56. The quantitative estimate of drug-likeness (QED) is 0.482. The van der Waals surface area contributed by atoms with E-state index in [1.165, 1.54) is 24.0 Å². The van der Waals surface area contributed by atoms with Gasteiger partial charge in [-0.2, -0.15) is 11.8 Å². The fourth-order valence-corrected chi connectivity index (χ4v) is 6.76. The number of rotatable bonds is 7. The number of hydrogen-bond acceptors (Lipinski definition) is 7. The number of ether oxygens (including phenoxy) is 1. The smallest absolute Gasteiger partial charge is 0.331 e. The molecule has 2 aliphatic rings. The van der Waals surface area contributed by atoms with Gasteiger partial charge in [0.15, 0.2) is 0 Å². The first-order chi connectivity index (χ1) is 15.0. The van der Waals surface area contributed by atoms with Crippen LogP contribution in [-0.4, -0.2) is 40.2 Å². The molecule has 2 aliphatic carbocycles. The summed E-state index contributed by atoms with van der Waals surface area (Å²) in [5, 5.41) is 3.72. The van der Waals surface area contributed by atoms with Crippen LogP contribution >= 0.6 is 23.1 Å². The normalized spacial score (nSPS) is 17.8. The van der Waals surface area contributed by atoms with E-state index < -0.39 is 5.54 Å². The molecule has 0 bridgehead atoms. The molecule has 1 amide bonds. The van der Waals surface area contributed by atoms with E-state index in [4.69, 9.17) is 4.74 Å². The number of amides is 1. The Labute approximate surface area is 189 Å². The van der Waals surface area contributed by atoms with Gasteiger partial charge in [0.2, 0.25) is 5.91 Å². The summed E-state index contributed by atoms with van der Waals surface area (Å²) in [4.78, 5) is 47.1. The topological polar surface area (TPSA) is 101 Å². The molecule has 0 aromatic carbocycles. The number of nitrogens with one attached hydrogen (secondary N) is 2. The third-order valence-corrected chi connectivity index (χ3v) is 8.40. The van der Waals surface area contributed by atoms with Crippen molar-refractivity contribution in [3.05, 3.63) is 26.6 Å². The predicted octanol–water partition coefficient (Wildman–Crippen LogP) is 3.48. The average molecular weight is 464 g/mol. The van der Waals surface area contributed by atoms with Crippen molar-refractivity contribution in [2.75, 3.05) is 12.9 Å². The number of methoxy groups -OCH3 is 1. The van der Waals surface area contributed by atoms with Gasteiger partial charge in [0.25, 0.3) is 5.56 Å². The van der Waals surface area contributed by atoms with Gasteiger partial charge in [-0.15, -0.1) is 11.3 Å². The Morgan fingerprint density at radius 1 is 1.19 bits per heavy atom. The fraction of sp³-hybridized carbons (Fsp3) is 0.636. The summed E-state index contributed by atoms with van der Waals surface area (Å²) in [7, 11) is 1.37. The number of carbonyl (C=O) groups excluding carboxylic acids is 2. The number of H-pyrrole nitrogens is 1. The molecule has 0 spiro atoms. The van der Waals surface area contributed by atoms with Crippen LogP contribution in [-0.2, 0) is 32.9 Å². The van der Waals surface area contributed by atoms with Gasteiger partial charge in [-0.3, -0.25) is 9.59 Å². The van der Waals surface area contributed by atoms with Gasteiger partial charge < -0.3 is 15.0 Å². The van der Waals surface area contributed by atoms with Crippen LogP contribution in [0.4, 0.5) is 0 Å². The van der Waals surface area contributed by atoms with Crippen molar-refractivity contribution in [3.63, 3.8) is 0 Å². The van der Waals surface area contributed by atoms with E-state index >= 15 is 0 Å². The van der Waals surface area contributed by atoms with Gasteiger partial charge in [0.05, 0.1) is 18.2 Å². The van der Waals surface area contributed by atoms with Crippen molar-refractivity contribution in [1.29, 1.82) is 0 Å². The predicted molar refractivity (Wildman–Crippen MR) is 124 cm³/mol. The van der Waals surface area contributed by atoms with Gasteiger partial charge in [-0.05, 0) is 44.1 Å². The highest BCUT2D eigenvalue weighted by molar-refractivity contribution is 7.98. The molecule has 0 saturated heterocycles. The Morgan fingerprint density at radius 3 is 2.74 bits per heavy atom. The monoisotopic (exact) mass is 463 g/mol.